The van der Waals surface area contributed by atoms with E-state index in [2.05, 4.69) is 13.8 Å². The van der Waals surface area contributed by atoms with Gasteiger partial charge in [-0.25, -0.2) is 0 Å². The summed E-state index contributed by atoms with van der Waals surface area (Å²) >= 11 is 0. The molecule has 3 nitrogen and oxygen atoms in total. The molecule has 1 N–H and O–H groups in total. The maximum Gasteiger partial charge on any atom is 0.225 e. The maximum atomic E-state index is 11.7. The van der Waals surface area contributed by atoms with Crippen molar-refractivity contribution in [3.8, 4) is 0 Å². The van der Waals surface area contributed by atoms with Crippen LogP contribution in [0.2, 0.25) is 0 Å². The molecule has 15 heavy (non-hydrogen) atoms. The van der Waals surface area contributed by atoms with Gasteiger partial charge in [0.05, 0.1) is 12.5 Å². The van der Waals surface area contributed by atoms with Crippen LogP contribution in [-0.2, 0) is 4.79 Å². The van der Waals surface area contributed by atoms with Crippen molar-refractivity contribution in [3.05, 3.63) is 0 Å². The van der Waals surface area contributed by atoms with Gasteiger partial charge in [-0.1, -0.05) is 20.3 Å². The van der Waals surface area contributed by atoms with Crippen molar-refractivity contribution in [3.63, 3.8) is 0 Å². The second-order valence-electron chi connectivity index (χ2n) is 5.08. The summed E-state index contributed by atoms with van der Waals surface area (Å²) in [5.74, 6) is 1.51. The molecule has 1 aliphatic heterocycles. The Hall–Kier alpha value is -0.570. The summed E-state index contributed by atoms with van der Waals surface area (Å²) in [6, 6.07) is 0.389. The number of aliphatic hydroxyl groups excluding tert-OH is 1. The molecule has 1 aliphatic carbocycles. The molecule has 1 saturated carbocycles. The highest BCUT2D eigenvalue weighted by Crippen LogP contribution is 2.38. The highest BCUT2D eigenvalue weighted by atomic mass is 16.3. The Morgan fingerprint density at radius 2 is 2.20 bits per heavy atom. The fourth-order valence-corrected chi connectivity index (χ4v) is 3.27. The van der Waals surface area contributed by atoms with E-state index in [1.807, 2.05) is 4.90 Å². The third-order valence-electron chi connectivity index (χ3n) is 4.25. The number of amides is 1. The van der Waals surface area contributed by atoms with Crippen molar-refractivity contribution in [2.45, 2.75) is 51.7 Å². The number of hydrogen-bond acceptors (Lipinski definition) is 2. The Morgan fingerprint density at radius 1 is 1.47 bits per heavy atom. The predicted molar refractivity (Wildman–Crippen MR) is 58.3 cm³/mol. The SMILES string of the molecule is CCC1CCC(N2CC(O)CC2=O)C1C. The number of likely N-dealkylation sites (tertiary alicyclic amines) is 1. The molecule has 0 spiro atoms. The lowest BCUT2D eigenvalue weighted by molar-refractivity contribution is -0.130. The first-order chi connectivity index (χ1) is 7.13. The minimum atomic E-state index is -0.426. The van der Waals surface area contributed by atoms with Crippen LogP contribution >= 0.6 is 0 Å². The summed E-state index contributed by atoms with van der Waals surface area (Å²) in [6.45, 7) is 5.04. The highest BCUT2D eigenvalue weighted by Gasteiger charge is 2.41. The van der Waals surface area contributed by atoms with Crippen molar-refractivity contribution in [2.24, 2.45) is 11.8 Å². The molecular formula is C12H21NO2. The molecule has 4 atom stereocenters. The molecule has 86 valence electrons. The molecule has 0 aromatic heterocycles. The Bertz CT molecular complexity index is 254. The fraction of sp³-hybridized carbons (Fsp3) is 0.917. The molecule has 4 unspecified atom stereocenters. The van der Waals surface area contributed by atoms with Gasteiger partial charge in [-0.3, -0.25) is 4.79 Å². The average molecular weight is 211 g/mol. The summed E-state index contributed by atoms with van der Waals surface area (Å²) in [6.07, 6.45) is 3.48. The molecule has 1 amide bonds. The second kappa shape index (κ2) is 4.12. The first-order valence-corrected chi connectivity index (χ1v) is 6.11. The number of rotatable bonds is 2. The monoisotopic (exact) mass is 211 g/mol. The molecule has 2 fully saturated rings. The van der Waals surface area contributed by atoms with Crippen molar-refractivity contribution < 1.29 is 9.90 Å². The Labute approximate surface area is 91.5 Å². The van der Waals surface area contributed by atoms with E-state index in [0.29, 0.717) is 24.9 Å². The molecular weight excluding hydrogens is 190 g/mol. The summed E-state index contributed by atoms with van der Waals surface area (Å²) < 4.78 is 0. The number of carbonyl (C=O) groups excluding carboxylic acids is 1. The smallest absolute Gasteiger partial charge is 0.225 e. The predicted octanol–water partition coefficient (Wildman–Crippen LogP) is 1.40. The standard InChI is InChI=1S/C12H21NO2/c1-3-9-4-5-11(8(9)2)13-7-10(14)6-12(13)15/h8-11,14H,3-7H2,1-2H3. The minimum absolute atomic E-state index is 0.149. The number of carbonyl (C=O) groups is 1. The van der Waals surface area contributed by atoms with Crippen molar-refractivity contribution in [2.75, 3.05) is 6.54 Å². The van der Waals surface area contributed by atoms with Crippen LogP contribution in [0, 0.1) is 11.8 Å². The molecule has 0 aromatic rings. The highest BCUT2D eigenvalue weighted by molar-refractivity contribution is 5.79. The largest absolute Gasteiger partial charge is 0.391 e. The van der Waals surface area contributed by atoms with Crippen LogP contribution in [0.3, 0.4) is 0 Å². The van der Waals surface area contributed by atoms with Gasteiger partial charge in [-0.05, 0) is 24.7 Å². The van der Waals surface area contributed by atoms with E-state index in [4.69, 9.17) is 0 Å². The van der Waals surface area contributed by atoms with Gasteiger partial charge < -0.3 is 10.0 Å². The normalized spacial score (nSPS) is 41.5. The van der Waals surface area contributed by atoms with Gasteiger partial charge in [0.25, 0.3) is 0 Å². The number of hydrogen-bond donors (Lipinski definition) is 1. The number of β-amino-alcohol motifs (C(OH)–C–C–N with tert-alkyl or cyclic N) is 1. The van der Waals surface area contributed by atoms with Crippen molar-refractivity contribution in [1.29, 1.82) is 0 Å². The molecule has 1 saturated heterocycles. The van der Waals surface area contributed by atoms with Crippen molar-refractivity contribution >= 4 is 5.91 Å². The van der Waals surface area contributed by atoms with Crippen LogP contribution in [-0.4, -0.2) is 34.6 Å². The Morgan fingerprint density at radius 3 is 2.67 bits per heavy atom. The number of nitrogens with zero attached hydrogens (tertiary/aromatic N) is 1. The van der Waals surface area contributed by atoms with E-state index in [-0.39, 0.29) is 5.91 Å². The molecule has 3 heteroatoms. The van der Waals surface area contributed by atoms with E-state index < -0.39 is 6.10 Å². The van der Waals surface area contributed by atoms with Crippen LogP contribution < -0.4 is 0 Å². The average Bonchev–Trinajstić information content (AvgIpc) is 2.69. The van der Waals surface area contributed by atoms with Gasteiger partial charge in [-0.2, -0.15) is 0 Å². The third-order valence-corrected chi connectivity index (χ3v) is 4.25. The van der Waals surface area contributed by atoms with Crippen molar-refractivity contribution in [1.82, 2.24) is 4.90 Å². The lowest BCUT2D eigenvalue weighted by Crippen LogP contribution is -2.39. The van der Waals surface area contributed by atoms with E-state index >= 15 is 0 Å². The Kier molecular flexibility index (Phi) is 3.01. The molecule has 0 radical (unpaired) electrons. The zero-order valence-electron chi connectivity index (χ0n) is 9.65. The molecule has 2 aliphatic rings. The molecule has 0 aromatic carbocycles. The van der Waals surface area contributed by atoms with Gasteiger partial charge >= 0.3 is 0 Å². The van der Waals surface area contributed by atoms with Gasteiger partial charge in [0.1, 0.15) is 0 Å². The summed E-state index contributed by atoms with van der Waals surface area (Å²) in [4.78, 5) is 13.6. The zero-order valence-corrected chi connectivity index (χ0v) is 9.65. The first-order valence-electron chi connectivity index (χ1n) is 6.11. The topological polar surface area (TPSA) is 40.5 Å². The molecule has 2 rings (SSSR count). The second-order valence-corrected chi connectivity index (χ2v) is 5.08. The van der Waals surface area contributed by atoms with E-state index in [0.717, 1.165) is 12.3 Å². The van der Waals surface area contributed by atoms with Gasteiger partial charge in [0, 0.05) is 12.6 Å². The molecule has 1 heterocycles. The van der Waals surface area contributed by atoms with Crippen LogP contribution in [0.5, 0.6) is 0 Å². The molecule has 0 bridgehead atoms. The summed E-state index contributed by atoms with van der Waals surface area (Å²) in [7, 11) is 0. The maximum absolute atomic E-state index is 11.7. The van der Waals surface area contributed by atoms with Gasteiger partial charge in [0.15, 0.2) is 0 Å². The van der Waals surface area contributed by atoms with Crippen LogP contribution in [0.1, 0.15) is 39.5 Å². The fourth-order valence-electron chi connectivity index (χ4n) is 3.27. The zero-order chi connectivity index (χ0) is 11.0. The van der Waals surface area contributed by atoms with Gasteiger partial charge in [0.2, 0.25) is 5.91 Å². The minimum Gasteiger partial charge on any atom is -0.391 e. The van der Waals surface area contributed by atoms with Crippen LogP contribution in [0.15, 0.2) is 0 Å². The lowest BCUT2D eigenvalue weighted by Gasteiger charge is -2.29. The summed E-state index contributed by atoms with van der Waals surface area (Å²) in [5.41, 5.74) is 0. The van der Waals surface area contributed by atoms with E-state index in [1.54, 1.807) is 0 Å². The van der Waals surface area contributed by atoms with E-state index in [1.165, 1.54) is 12.8 Å². The van der Waals surface area contributed by atoms with Crippen LogP contribution in [0.25, 0.3) is 0 Å². The summed E-state index contributed by atoms with van der Waals surface area (Å²) in [5, 5.41) is 9.48. The quantitative estimate of drug-likeness (QED) is 0.750. The Balaban J connectivity index is 2.03. The van der Waals surface area contributed by atoms with Crippen LogP contribution in [0.4, 0.5) is 0 Å². The number of aliphatic hydroxyl groups is 1. The van der Waals surface area contributed by atoms with Gasteiger partial charge in [-0.15, -0.1) is 0 Å². The third kappa shape index (κ3) is 1.89. The lowest BCUT2D eigenvalue weighted by atomic mass is 9.93. The first kappa shape index (κ1) is 10.9. The van der Waals surface area contributed by atoms with E-state index in [9.17, 15) is 9.90 Å².